The van der Waals surface area contributed by atoms with Gasteiger partial charge in [0.2, 0.25) is 0 Å². The Morgan fingerprint density at radius 3 is 1.39 bits per heavy atom. The second-order valence-corrected chi connectivity index (χ2v) is 17.8. The molecular formula is C51H92NO8P. The van der Waals surface area contributed by atoms with Gasteiger partial charge in [-0.05, 0) is 70.6 Å². The number of nitrogens with two attached hydrogens (primary N) is 1. The highest BCUT2D eigenvalue weighted by Crippen LogP contribution is 2.43. The molecule has 0 aliphatic carbocycles. The Morgan fingerprint density at radius 2 is 0.902 bits per heavy atom. The smallest absolute Gasteiger partial charge is 0.462 e. The summed E-state index contributed by atoms with van der Waals surface area (Å²) in [5.74, 6) is -0.900. The van der Waals surface area contributed by atoms with Crippen LogP contribution in [0.1, 0.15) is 219 Å². The summed E-state index contributed by atoms with van der Waals surface area (Å²) in [4.78, 5) is 35.0. The fourth-order valence-electron chi connectivity index (χ4n) is 6.69. The van der Waals surface area contributed by atoms with E-state index in [1.54, 1.807) is 0 Å². The molecular weight excluding hydrogens is 786 g/mol. The molecule has 0 aromatic rings. The predicted molar refractivity (Wildman–Crippen MR) is 256 cm³/mol. The molecule has 0 aliphatic heterocycles. The molecule has 0 aromatic heterocycles. The Hall–Kier alpha value is -2.29. The Labute approximate surface area is 374 Å². The van der Waals surface area contributed by atoms with Crippen LogP contribution in [0.2, 0.25) is 0 Å². The first-order valence-electron chi connectivity index (χ1n) is 24.8. The SMILES string of the molecule is CCC/C=C/C/C=C/C/C=C/C/C=C/CCCCCC(=O)O[C@@H](COC(=O)CCC/C=C/CCCCCCCCCCCCCCCCCCCC)COP(=O)(O)OCCN. The van der Waals surface area contributed by atoms with Gasteiger partial charge in [0, 0.05) is 19.4 Å². The molecule has 3 N–H and O–H groups in total. The molecule has 0 radical (unpaired) electrons. The molecule has 2 atom stereocenters. The number of phosphoric acid groups is 1. The van der Waals surface area contributed by atoms with E-state index in [2.05, 4.69) is 74.6 Å². The van der Waals surface area contributed by atoms with Crippen molar-refractivity contribution in [2.24, 2.45) is 5.73 Å². The van der Waals surface area contributed by atoms with E-state index in [0.29, 0.717) is 12.8 Å². The molecule has 0 fully saturated rings. The lowest BCUT2D eigenvalue weighted by Crippen LogP contribution is -2.29. The van der Waals surface area contributed by atoms with Crippen LogP contribution in [0, 0.1) is 0 Å². The second kappa shape index (κ2) is 47.2. The number of hydrogen-bond acceptors (Lipinski definition) is 8. The molecule has 0 saturated heterocycles. The number of rotatable bonds is 46. The van der Waals surface area contributed by atoms with Crippen molar-refractivity contribution in [3.8, 4) is 0 Å². The van der Waals surface area contributed by atoms with Crippen LogP contribution in [0.4, 0.5) is 0 Å². The number of esters is 2. The van der Waals surface area contributed by atoms with Gasteiger partial charge in [0.15, 0.2) is 6.10 Å². The van der Waals surface area contributed by atoms with Crippen molar-refractivity contribution < 1.29 is 37.6 Å². The van der Waals surface area contributed by atoms with Gasteiger partial charge in [-0.2, -0.15) is 0 Å². The topological polar surface area (TPSA) is 134 Å². The van der Waals surface area contributed by atoms with Crippen molar-refractivity contribution in [1.82, 2.24) is 0 Å². The van der Waals surface area contributed by atoms with E-state index in [4.69, 9.17) is 24.3 Å². The number of phosphoric ester groups is 1. The number of carbonyl (C=O) groups excluding carboxylic acids is 2. The van der Waals surface area contributed by atoms with Crippen molar-refractivity contribution >= 4 is 19.8 Å². The van der Waals surface area contributed by atoms with Gasteiger partial charge in [0.1, 0.15) is 6.61 Å². The third-order valence-corrected chi connectivity index (χ3v) is 11.3. The summed E-state index contributed by atoms with van der Waals surface area (Å²) in [6, 6.07) is 0. The van der Waals surface area contributed by atoms with E-state index in [0.717, 1.165) is 57.8 Å². The van der Waals surface area contributed by atoms with Crippen molar-refractivity contribution in [3.05, 3.63) is 60.8 Å². The average Bonchev–Trinajstić information content (AvgIpc) is 3.25. The van der Waals surface area contributed by atoms with Crippen molar-refractivity contribution in [2.75, 3.05) is 26.4 Å². The lowest BCUT2D eigenvalue weighted by molar-refractivity contribution is -0.161. The van der Waals surface area contributed by atoms with E-state index in [9.17, 15) is 19.0 Å². The zero-order chi connectivity index (χ0) is 44.6. The maximum atomic E-state index is 12.6. The van der Waals surface area contributed by atoms with E-state index in [1.807, 2.05) is 0 Å². The Kier molecular flexibility index (Phi) is 45.4. The number of unbranched alkanes of at least 4 members (excludes halogenated alkanes) is 23. The maximum absolute atomic E-state index is 12.6. The minimum absolute atomic E-state index is 0.0427. The third kappa shape index (κ3) is 47.0. The van der Waals surface area contributed by atoms with Gasteiger partial charge >= 0.3 is 19.8 Å². The van der Waals surface area contributed by atoms with Gasteiger partial charge in [-0.15, -0.1) is 0 Å². The van der Waals surface area contributed by atoms with Crippen LogP contribution in [0.3, 0.4) is 0 Å². The van der Waals surface area contributed by atoms with Crippen LogP contribution in [0.15, 0.2) is 60.8 Å². The molecule has 0 aliphatic rings. The van der Waals surface area contributed by atoms with Crippen LogP contribution in [0.25, 0.3) is 0 Å². The molecule has 0 bridgehead atoms. The summed E-state index contributed by atoms with van der Waals surface area (Å²) >= 11 is 0. The Bertz CT molecular complexity index is 1180. The first-order valence-corrected chi connectivity index (χ1v) is 26.3. The minimum atomic E-state index is -4.40. The zero-order valence-corrected chi connectivity index (χ0v) is 40.0. The van der Waals surface area contributed by atoms with E-state index < -0.39 is 32.5 Å². The lowest BCUT2D eigenvalue weighted by Gasteiger charge is -2.19. The molecule has 0 rings (SSSR count). The van der Waals surface area contributed by atoms with E-state index in [-0.39, 0.29) is 32.6 Å². The molecule has 354 valence electrons. The highest BCUT2D eigenvalue weighted by atomic mass is 31.2. The predicted octanol–water partition coefficient (Wildman–Crippen LogP) is 14.8. The Balaban J connectivity index is 4.12. The number of carbonyl (C=O) groups is 2. The quantitative estimate of drug-likeness (QED) is 0.0265. The summed E-state index contributed by atoms with van der Waals surface area (Å²) in [6.07, 6.45) is 57.0. The summed E-state index contributed by atoms with van der Waals surface area (Å²) in [6.45, 7) is 3.61. The van der Waals surface area contributed by atoms with Gasteiger partial charge in [-0.3, -0.25) is 18.6 Å². The molecule has 0 heterocycles. The van der Waals surface area contributed by atoms with Crippen molar-refractivity contribution in [3.63, 3.8) is 0 Å². The van der Waals surface area contributed by atoms with Gasteiger partial charge in [-0.25, -0.2) is 4.57 Å². The maximum Gasteiger partial charge on any atom is 0.472 e. The van der Waals surface area contributed by atoms with Crippen LogP contribution >= 0.6 is 7.82 Å². The summed E-state index contributed by atoms with van der Waals surface area (Å²) in [5.41, 5.74) is 5.36. The number of ether oxygens (including phenoxy) is 2. The van der Waals surface area contributed by atoms with Gasteiger partial charge in [0.05, 0.1) is 13.2 Å². The fraction of sp³-hybridized carbons (Fsp3) is 0.765. The number of hydrogen-bond donors (Lipinski definition) is 2. The standard InChI is InChI=1S/C51H92NO8P/c1-3-5-7-9-11-13-15-17-19-21-22-23-24-25-26-28-29-31-33-35-37-39-41-43-50(53)57-47-49(48-59-61(55,56)58-46-45-52)60-51(54)44-42-40-38-36-34-32-30-27-20-18-16-14-12-10-8-6-4-2/h8,10,14,16,20,27,32,34-35,37,49H,3-7,9,11-13,15,17-19,21-26,28-31,33,36,38-48,52H2,1-2H3,(H,55,56)/b10-8+,16-14+,27-20+,34-32+,37-35+/t49-/m0/s1. The average molecular weight is 878 g/mol. The van der Waals surface area contributed by atoms with E-state index >= 15 is 0 Å². The molecule has 0 saturated carbocycles. The molecule has 10 heteroatoms. The summed E-state index contributed by atoms with van der Waals surface area (Å²) < 4.78 is 32.8. The van der Waals surface area contributed by atoms with Crippen LogP contribution in [0.5, 0.6) is 0 Å². The summed E-state index contributed by atoms with van der Waals surface area (Å²) in [5, 5.41) is 0. The van der Waals surface area contributed by atoms with Crippen LogP contribution in [-0.2, 0) is 32.7 Å². The minimum Gasteiger partial charge on any atom is -0.462 e. The zero-order valence-electron chi connectivity index (χ0n) is 39.1. The lowest BCUT2D eigenvalue weighted by atomic mass is 10.0. The molecule has 61 heavy (non-hydrogen) atoms. The van der Waals surface area contributed by atoms with Crippen molar-refractivity contribution in [2.45, 2.75) is 225 Å². The van der Waals surface area contributed by atoms with Crippen LogP contribution in [-0.4, -0.2) is 49.3 Å². The highest BCUT2D eigenvalue weighted by molar-refractivity contribution is 7.47. The molecule has 0 amide bonds. The fourth-order valence-corrected chi connectivity index (χ4v) is 7.45. The van der Waals surface area contributed by atoms with Gasteiger partial charge in [-0.1, -0.05) is 197 Å². The summed E-state index contributed by atoms with van der Waals surface area (Å²) in [7, 11) is -4.40. The first kappa shape index (κ1) is 58.7. The normalized spacial score (nSPS) is 13.7. The second-order valence-electron chi connectivity index (χ2n) is 16.3. The largest absolute Gasteiger partial charge is 0.472 e. The molecule has 0 spiro atoms. The molecule has 1 unspecified atom stereocenters. The Morgan fingerprint density at radius 1 is 0.492 bits per heavy atom. The van der Waals surface area contributed by atoms with E-state index in [1.165, 1.54) is 122 Å². The molecule has 0 aromatic carbocycles. The monoisotopic (exact) mass is 878 g/mol. The number of allylic oxidation sites excluding steroid dienone is 10. The van der Waals surface area contributed by atoms with Crippen molar-refractivity contribution in [1.29, 1.82) is 0 Å². The van der Waals surface area contributed by atoms with Gasteiger partial charge in [0.25, 0.3) is 0 Å². The van der Waals surface area contributed by atoms with Crippen LogP contribution < -0.4 is 5.73 Å². The van der Waals surface area contributed by atoms with Gasteiger partial charge < -0.3 is 20.1 Å². The third-order valence-electron chi connectivity index (χ3n) is 10.4. The molecule has 9 nitrogen and oxygen atoms in total. The highest BCUT2D eigenvalue weighted by Gasteiger charge is 2.26. The first-order chi connectivity index (χ1) is 29.8.